The Bertz CT molecular complexity index is 561. The van der Waals surface area contributed by atoms with E-state index in [0.717, 1.165) is 0 Å². The van der Waals surface area contributed by atoms with Gasteiger partial charge in [0.15, 0.2) is 0 Å². The molecule has 11 heteroatoms. The van der Waals surface area contributed by atoms with Crippen LogP contribution in [0.2, 0.25) is 0 Å². The molecule has 0 saturated carbocycles. The summed E-state index contributed by atoms with van der Waals surface area (Å²) in [6.07, 6.45) is 4.12. The summed E-state index contributed by atoms with van der Waals surface area (Å²) in [5.41, 5.74) is 10.8. The van der Waals surface area contributed by atoms with E-state index in [1.165, 1.54) is 11.8 Å². The number of unbranched alkanes of at least 4 members (excludes halogenated alkanes) is 1. The van der Waals surface area contributed by atoms with E-state index in [0.29, 0.717) is 38.0 Å². The third-order valence-corrected chi connectivity index (χ3v) is 4.99. The van der Waals surface area contributed by atoms with Crippen molar-refractivity contribution in [2.45, 2.75) is 64.1 Å². The first kappa shape index (κ1) is 28.1. The molecule has 0 rings (SSSR count). The van der Waals surface area contributed by atoms with E-state index in [4.69, 9.17) is 11.5 Å². The minimum absolute atomic E-state index is 0.0739. The lowest BCUT2D eigenvalue weighted by molar-refractivity contribution is -0.142. The van der Waals surface area contributed by atoms with Crippen molar-refractivity contribution >= 4 is 35.5 Å². The van der Waals surface area contributed by atoms with Gasteiger partial charge < -0.3 is 32.5 Å². The Morgan fingerprint density at radius 2 is 1.50 bits per heavy atom. The van der Waals surface area contributed by atoms with E-state index in [2.05, 4.69) is 16.0 Å². The van der Waals surface area contributed by atoms with Crippen LogP contribution in [0.1, 0.15) is 46.0 Å². The number of carboxylic acids is 1. The van der Waals surface area contributed by atoms with Gasteiger partial charge in [0, 0.05) is 0 Å². The normalized spacial score (nSPS) is 13.9. The molecule has 0 aliphatic heterocycles. The van der Waals surface area contributed by atoms with Crippen molar-refractivity contribution in [2.24, 2.45) is 17.4 Å². The van der Waals surface area contributed by atoms with Gasteiger partial charge in [-0.25, -0.2) is 4.79 Å². The smallest absolute Gasteiger partial charge is 0.326 e. The number of nitrogens with one attached hydrogen (secondary N) is 3. The molecule has 0 bridgehead atoms. The number of hydrogen-bond donors (Lipinski definition) is 6. The Morgan fingerprint density at radius 3 is 2.00 bits per heavy atom. The van der Waals surface area contributed by atoms with Crippen LogP contribution < -0.4 is 27.4 Å². The molecule has 0 spiro atoms. The van der Waals surface area contributed by atoms with Gasteiger partial charge in [0.05, 0.1) is 6.54 Å². The standard InChI is InChI=1S/C19H37N5O5S/c1-12(2)10-15(18(27)23-14(19(28)29)7-9-30-3)24-17(26)13(6-4-5-8-20)22-16(25)11-21/h12-15H,4-11,20-21H2,1-3H3,(H,22,25)(H,23,27)(H,24,26)(H,28,29). The van der Waals surface area contributed by atoms with E-state index < -0.39 is 41.8 Å². The first-order valence-electron chi connectivity index (χ1n) is 10.2. The van der Waals surface area contributed by atoms with Crippen LogP contribution in [0.4, 0.5) is 0 Å². The molecule has 0 radical (unpaired) electrons. The molecule has 0 aliphatic rings. The van der Waals surface area contributed by atoms with E-state index in [1.807, 2.05) is 20.1 Å². The van der Waals surface area contributed by atoms with Crippen LogP contribution in [0.25, 0.3) is 0 Å². The minimum atomic E-state index is -1.12. The molecule has 0 aromatic carbocycles. The maximum atomic E-state index is 12.8. The zero-order valence-corrected chi connectivity index (χ0v) is 18.9. The predicted octanol–water partition coefficient (Wildman–Crippen LogP) is -0.588. The van der Waals surface area contributed by atoms with Crippen molar-refractivity contribution in [3.8, 4) is 0 Å². The fourth-order valence-corrected chi connectivity index (χ4v) is 3.23. The topological polar surface area (TPSA) is 177 Å². The highest BCUT2D eigenvalue weighted by atomic mass is 32.2. The van der Waals surface area contributed by atoms with Crippen LogP contribution >= 0.6 is 11.8 Å². The summed E-state index contributed by atoms with van der Waals surface area (Å²) in [4.78, 5) is 48.6. The van der Waals surface area contributed by atoms with Gasteiger partial charge in [0.1, 0.15) is 18.1 Å². The lowest BCUT2D eigenvalue weighted by Crippen LogP contribution is -2.56. The number of carbonyl (C=O) groups excluding carboxylic acids is 3. The largest absolute Gasteiger partial charge is 0.480 e. The Morgan fingerprint density at radius 1 is 0.900 bits per heavy atom. The Hall–Kier alpha value is -1.85. The molecule has 0 aliphatic carbocycles. The summed E-state index contributed by atoms with van der Waals surface area (Å²) in [5.74, 6) is -2.02. The monoisotopic (exact) mass is 447 g/mol. The molecule has 0 saturated heterocycles. The fraction of sp³-hybridized carbons (Fsp3) is 0.789. The number of rotatable bonds is 16. The van der Waals surface area contributed by atoms with Crippen molar-refractivity contribution in [2.75, 3.05) is 25.1 Å². The Balaban J connectivity index is 5.27. The summed E-state index contributed by atoms with van der Waals surface area (Å²) in [5, 5.41) is 17.1. The molecular weight excluding hydrogens is 410 g/mol. The van der Waals surface area contributed by atoms with Crippen molar-refractivity contribution in [1.29, 1.82) is 0 Å². The molecule has 174 valence electrons. The van der Waals surface area contributed by atoms with Gasteiger partial charge in [0.25, 0.3) is 0 Å². The van der Waals surface area contributed by atoms with Crippen molar-refractivity contribution in [3.05, 3.63) is 0 Å². The van der Waals surface area contributed by atoms with Gasteiger partial charge in [-0.15, -0.1) is 0 Å². The summed E-state index contributed by atoms with van der Waals surface area (Å²) < 4.78 is 0. The van der Waals surface area contributed by atoms with Crippen molar-refractivity contribution in [3.63, 3.8) is 0 Å². The zero-order chi connectivity index (χ0) is 23.1. The van der Waals surface area contributed by atoms with E-state index in [9.17, 15) is 24.3 Å². The van der Waals surface area contributed by atoms with E-state index in [-0.39, 0.29) is 18.9 Å². The van der Waals surface area contributed by atoms with Gasteiger partial charge >= 0.3 is 5.97 Å². The van der Waals surface area contributed by atoms with Crippen LogP contribution in [-0.4, -0.2) is 72.0 Å². The molecule has 8 N–H and O–H groups in total. The Labute approximate surface area is 182 Å². The number of carboxylic acid groups (broad SMARTS) is 1. The molecule has 3 unspecified atom stereocenters. The number of aliphatic carboxylic acids is 1. The van der Waals surface area contributed by atoms with Gasteiger partial charge in [-0.3, -0.25) is 14.4 Å². The molecule has 0 fully saturated rings. The van der Waals surface area contributed by atoms with Crippen LogP contribution in [-0.2, 0) is 19.2 Å². The van der Waals surface area contributed by atoms with Gasteiger partial charge in [-0.05, 0) is 56.6 Å². The molecule has 0 aromatic rings. The van der Waals surface area contributed by atoms with Crippen LogP contribution in [0, 0.1) is 5.92 Å². The third kappa shape index (κ3) is 12.0. The highest BCUT2D eigenvalue weighted by Crippen LogP contribution is 2.09. The summed E-state index contributed by atoms with van der Waals surface area (Å²) in [6, 6.07) is -2.80. The average Bonchev–Trinajstić information content (AvgIpc) is 2.68. The fourth-order valence-electron chi connectivity index (χ4n) is 2.76. The first-order valence-corrected chi connectivity index (χ1v) is 11.6. The van der Waals surface area contributed by atoms with Crippen molar-refractivity contribution in [1.82, 2.24) is 16.0 Å². The van der Waals surface area contributed by atoms with Gasteiger partial charge in [-0.1, -0.05) is 13.8 Å². The number of thioether (sulfide) groups is 1. The second-order valence-corrected chi connectivity index (χ2v) is 8.47. The lowest BCUT2D eigenvalue weighted by Gasteiger charge is -2.25. The van der Waals surface area contributed by atoms with Crippen LogP contribution in [0.15, 0.2) is 0 Å². The molecular formula is C19H37N5O5S. The van der Waals surface area contributed by atoms with Gasteiger partial charge in [-0.2, -0.15) is 11.8 Å². The van der Waals surface area contributed by atoms with Gasteiger partial charge in [0.2, 0.25) is 17.7 Å². The molecule has 0 aromatic heterocycles. The molecule has 0 heterocycles. The first-order chi connectivity index (χ1) is 14.2. The average molecular weight is 448 g/mol. The van der Waals surface area contributed by atoms with Crippen molar-refractivity contribution < 1.29 is 24.3 Å². The number of amides is 3. The quantitative estimate of drug-likeness (QED) is 0.170. The number of carbonyl (C=O) groups is 4. The third-order valence-electron chi connectivity index (χ3n) is 4.35. The zero-order valence-electron chi connectivity index (χ0n) is 18.1. The molecule has 30 heavy (non-hydrogen) atoms. The van der Waals surface area contributed by atoms with Crippen LogP contribution in [0.3, 0.4) is 0 Å². The van der Waals surface area contributed by atoms with Crippen LogP contribution in [0.5, 0.6) is 0 Å². The second-order valence-electron chi connectivity index (χ2n) is 7.48. The molecule has 3 amide bonds. The molecule has 3 atom stereocenters. The maximum absolute atomic E-state index is 12.8. The van der Waals surface area contributed by atoms with E-state index >= 15 is 0 Å². The minimum Gasteiger partial charge on any atom is -0.480 e. The Kier molecular flexibility index (Phi) is 14.9. The van der Waals surface area contributed by atoms with E-state index in [1.54, 1.807) is 0 Å². The highest BCUT2D eigenvalue weighted by Gasteiger charge is 2.29. The summed E-state index contributed by atoms with van der Waals surface area (Å²) in [6.45, 7) is 3.99. The predicted molar refractivity (Wildman–Crippen MR) is 118 cm³/mol. The number of nitrogens with two attached hydrogens (primary N) is 2. The number of hydrogen-bond acceptors (Lipinski definition) is 7. The SMILES string of the molecule is CSCCC(NC(=O)C(CC(C)C)NC(=O)C(CCCCN)NC(=O)CN)C(=O)O. The summed E-state index contributed by atoms with van der Waals surface area (Å²) >= 11 is 1.48. The molecule has 10 nitrogen and oxygen atoms in total. The summed E-state index contributed by atoms with van der Waals surface area (Å²) in [7, 11) is 0. The highest BCUT2D eigenvalue weighted by molar-refractivity contribution is 7.98. The maximum Gasteiger partial charge on any atom is 0.326 e. The lowest BCUT2D eigenvalue weighted by atomic mass is 10.0. The second kappa shape index (κ2) is 15.9.